The van der Waals surface area contributed by atoms with Crippen molar-refractivity contribution < 1.29 is 17.9 Å². The van der Waals surface area contributed by atoms with E-state index in [2.05, 4.69) is 0 Å². The number of hydrogen-bond donors (Lipinski definition) is 0. The first kappa shape index (κ1) is 17.3. The number of nitriles is 1. The highest BCUT2D eigenvalue weighted by Crippen LogP contribution is 2.25. The molecule has 1 aromatic rings. The molecule has 0 bridgehead atoms. The molecule has 1 fully saturated rings. The number of hydrogen-bond acceptors (Lipinski definition) is 5. The summed E-state index contributed by atoms with van der Waals surface area (Å²) >= 11 is 0. The minimum Gasteiger partial charge on any atom is -0.444 e. The van der Waals surface area contributed by atoms with E-state index in [4.69, 9.17) is 10.00 Å². The summed E-state index contributed by atoms with van der Waals surface area (Å²) in [4.78, 5) is 13.6. The van der Waals surface area contributed by atoms with Crippen LogP contribution in [0, 0.1) is 11.3 Å². The van der Waals surface area contributed by atoms with Gasteiger partial charge in [-0.15, -0.1) is 0 Å². The van der Waals surface area contributed by atoms with Crippen molar-refractivity contribution in [3.8, 4) is 6.07 Å². The Labute approximate surface area is 136 Å². The predicted molar refractivity (Wildman–Crippen MR) is 84.6 cm³/mol. The molecule has 124 valence electrons. The van der Waals surface area contributed by atoms with Crippen molar-refractivity contribution in [3.63, 3.8) is 0 Å². The van der Waals surface area contributed by atoms with Crippen LogP contribution in [-0.2, 0) is 14.6 Å². The second-order valence-corrected chi connectivity index (χ2v) is 8.75. The fourth-order valence-electron chi connectivity index (χ4n) is 2.41. The molecule has 0 saturated carbocycles. The van der Waals surface area contributed by atoms with Crippen LogP contribution in [0.5, 0.6) is 0 Å². The number of amides is 1. The maximum atomic E-state index is 12.7. The summed E-state index contributed by atoms with van der Waals surface area (Å²) in [6.45, 7) is 5.75. The van der Waals surface area contributed by atoms with Crippen LogP contribution in [0.1, 0.15) is 32.8 Å². The number of nitrogens with zero attached hydrogens (tertiary/aromatic N) is 2. The van der Waals surface area contributed by atoms with Gasteiger partial charge in [0.05, 0.1) is 21.8 Å². The van der Waals surface area contributed by atoms with Gasteiger partial charge < -0.3 is 9.64 Å². The van der Waals surface area contributed by atoms with Gasteiger partial charge in [-0.05, 0) is 45.4 Å². The zero-order valence-corrected chi connectivity index (χ0v) is 14.3. The molecule has 1 heterocycles. The number of benzene rings is 1. The lowest BCUT2D eigenvalue weighted by molar-refractivity contribution is 0.0295. The average molecular weight is 336 g/mol. The van der Waals surface area contributed by atoms with Gasteiger partial charge >= 0.3 is 6.09 Å². The van der Waals surface area contributed by atoms with Crippen LogP contribution < -0.4 is 0 Å². The maximum Gasteiger partial charge on any atom is 0.410 e. The Morgan fingerprint density at radius 2 is 2.09 bits per heavy atom. The van der Waals surface area contributed by atoms with Crippen molar-refractivity contribution in [2.24, 2.45) is 0 Å². The second-order valence-electron chi connectivity index (χ2n) is 6.52. The third kappa shape index (κ3) is 4.02. The van der Waals surface area contributed by atoms with Crippen molar-refractivity contribution in [1.82, 2.24) is 4.90 Å². The van der Waals surface area contributed by atoms with Crippen molar-refractivity contribution in [2.45, 2.75) is 42.9 Å². The Morgan fingerprint density at radius 3 is 2.70 bits per heavy atom. The topological polar surface area (TPSA) is 87.5 Å². The summed E-state index contributed by atoms with van der Waals surface area (Å²) in [6.07, 6.45) is -0.140. The lowest BCUT2D eigenvalue weighted by atomic mass is 10.2. The zero-order valence-electron chi connectivity index (χ0n) is 13.4. The highest BCUT2D eigenvalue weighted by molar-refractivity contribution is 7.92. The van der Waals surface area contributed by atoms with E-state index in [1.165, 1.54) is 17.0 Å². The summed E-state index contributed by atoms with van der Waals surface area (Å²) in [5, 5.41) is 8.22. The third-order valence-corrected chi connectivity index (χ3v) is 5.70. The van der Waals surface area contributed by atoms with Gasteiger partial charge in [0.2, 0.25) is 0 Å². The summed E-state index contributed by atoms with van der Waals surface area (Å²) in [6, 6.07) is 7.88. The van der Waals surface area contributed by atoms with E-state index in [0.717, 1.165) is 0 Å². The summed E-state index contributed by atoms with van der Waals surface area (Å²) < 4.78 is 30.6. The van der Waals surface area contributed by atoms with E-state index in [1.807, 2.05) is 6.07 Å². The summed E-state index contributed by atoms with van der Waals surface area (Å²) in [7, 11) is -3.58. The molecule has 1 aliphatic heterocycles. The van der Waals surface area contributed by atoms with Gasteiger partial charge in [-0.1, -0.05) is 6.07 Å². The van der Waals surface area contributed by atoms with Crippen LogP contribution in [0.4, 0.5) is 4.79 Å². The molecule has 1 amide bonds. The first-order chi connectivity index (χ1) is 10.6. The van der Waals surface area contributed by atoms with Gasteiger partial charge in [-0.25, -0.2) is 13.2 Å². The number of sulfone groups is 1. The molecule has 2 rings (SSSR count). The minimum absolute atomic E-state index is 0.105. The molecule has 23 heavy (non-hydrogen) atoms. The lowest BCUT2D eigenvalue weighted by Crippen LogP contribution is -2.36. The molecule has 0 spiro atoms. The van der Waals surface area contributed by atoms with E-state index in [1.54, 1.807) is 32.9 Å². The van der Waals surface area contributed by atoms with E-state index in [0.29, 0.717) is 18.5 Å². The van der Waals surface area contributed by atoms with Crippen LogP contribution >= 0.6 is 0 Å². The van der Waals surface area contributed by atoms with Crippen molar-refractivity contribution in [2.75, 3.05) is 13.1 Å². The average Bonchev–Trinajstić information content (AvgIpc) is 2.96. The van der Waals surface area contributed by atoms with Gasteiger partial charge in [0.1, 0.15) is 5.60 Å². The fraction of sp³-hybridized carbons (Fsp3) is 0.500. The normalized spacial score (nSPS) is 18.5. The van der Waals surface area contributed by atoms with Crippen molar-refractivity contribution in [3.05, 3.63) is 29.8 Å². The molecule has 7 heteroatoms. The number of likely N-dealkylation sites (tertiary alicyclic amines) is 1. The molecule has 0 N–H and O–H groups in total. The molecule has 1 aromatic carbocycles. The molecule has 6 nitrogen and oxygen atoms in total. The minimum atomic E-state index is -3.58. The van der Waals surface area contributed by atoms with Crippen molar-refractivity contribution >= 4 is 15.9 Å². The molecule has 0 aliphatic carbocycles. The van der Waals surface area contributed by atoms with Crippen LogP contribution in [0.15, 0.2) is 29.2 Å². The molecular formula is C16H20N2O4S. The number of carbonyl (C=O) groups excluding carboxylic acids is 1. The molecular weight excluding hydrogens is 316 g/mol. The van der Waals surface area contributed by atoms with Gasteiger partial charge in [0.15, 0.2) is 9.84 Å². The number of carbonyl (C=O) groups is 1. The molecule has 1 saturated heterocycles. The fourth-order valence-corrected chi connectivity index (χ4v) is 4.15. The monoisotopic (exact) mass is 336 g/mol. The third-order valence-electron chi connectivity index (χ3n) is 3.53. The van der Waals surface area contributed by atoms with Crippen LogP contribution in [0.25, 0.3) is 0 Å². The Bertz CT molecular complexity index is 744. The zero-order chi connectivity index (χ0) is 17.3. The Morgan fingerprint density at radius 1 is 1.39 bits per heavy atom. The maximum absolute atomic E-state index is 12.7. The van der Waals surface area contributed by atoms with E-state index in [-0.39, 0.29) is 11.4 Å². The Balaban J connectivity index is 2.14. The van der Waals surface area contributed by atoms with E-state index < -0.39 is 26.8 Å². The van der Waals surface area contributed by atoms with Crippen LogP contribution in [-0.4, -0.2) is 43.4 Å². The Kier molecular flexibility index (Phi) is 4.66. The summed E-state index contributed by atoms with van der Waals surface area (Å²) in [5.74, 6) is 0. The number of rotatable bonds is 2. The molecule has 1 atom stereocenters. The van der Waals surface area contributed by atoms with Crippen LogP contribution in [0.2, 0.25) is 0 Å². The predicted octanol–water partition coefficient (Wildman–Crippen LogP) is 2.34. The largest absolute Gasteiger partial charge is 0.444 e. The lowest BCUT2D eigenvalue weighted by Gasteiger charge is -2.24. The Hall–Kier alpha value is -2.07. The first-order valence-corrected chi connectivity index (χ1v) is 8.90. The molecule has 0 unspecified atom stereocenters. The smallest absolute Gasteiger partial charge is 0.410 e. The summed E-state index contributed by atoms with van der Waals surface area (Å²) in [5.41, 5.74) is -0.317. The van der Waals surface area contributed by atoms with Crippen molar-refractivity contribution in [1.29, 1.82) is 5.26 Å². The standard InChI is InChI=1S/C16H20N2O4S/c1-16(2,3)22-15(19)18-8-7-14(11-18)23(20,21)13-6-4-5-12(9-13)10-17/h4-6,9,14H,7-8,11H2,1-3H3/t14-/m0/s1. The molecule has 0 aromatic heterocycles. The van der Waals surface area contributed by atoms with Crippen LogP contribution in [0.3, 0.4) is 0 Å². The molecule has 1 aliphatic rings. The second kappa shape index (κ2) is 6.20. The highest BCUT2D eigenvalue weighted by Gasteiger charge is 2.37. The SMILES string of the molecule is CC(C)(C)OC(=O)N1CC[C@H](S(=O)(=O)c2cccc(C#N)c2)C1. The van der Waals surface area contributed by atoms with Gasteiger partial charge in [0, 0.05) is 13.1 Å². The van der Waals surface area contributed by atoms with Gasteiger partial charge in [0.25, 0.3) is 0 Å². The molecule has 0 radical (unpaired) electrons. The quantitative estimate of drug-likeness (QED) is 0.827. The first-order valence-electron chi connectivity index (χ1n) is 7.35. The van der Waals surface area contributed by atoms with Gasteiger partial charge in [-0.2, -0.15) is 5.26 Å². The van der Waals surface area contributed by atoms with E-state index >= 15 is 0 Å². The van der Waals surface area contributed by atoms with E-state index in [9.17, 15) is 13.2 Å². The highest BCUT2D eigenvalue weighted by atomic mass is 32.2. The number of ether oxygens (including phenoxy) is 1. The van der Waals surface area contributed by atoms with Gasteiger partial charge in [-0.3, -0.25) is 0 Å².